The lowest BCUT2D eigenvalue weighted by Crippen LogP contribution is -1.91. The smallest absolute Gasteiger partial charge is 0.371 e. The summed E-state index contributed by atoms with van der Waals surface area (Å²) >= 11 is 1.43. The lowest BCUT2D eigenvalue weighted by atomic mass is 10.3. The van der Waals surface area contributed by atoms with Gasteiger partial charge in [-0.25, -0.2) is 9.78 Å². The predicted molar refractivity (Wildman–Crippen MR) is 46.8 cm³/mol. The minimum absolute atomic E-state index is 0.0667. The van der Waals surface area contributed by atoms with Gasteiger partial charge in [0.1, 0.15) is 5.69 Å². The molecule has 0 aliphatic heterocycles. The first-order chi connectivity index (χ1) is 6.27. The predicted octanol–water partition coefficient (Wildman–Crippen LogP) is 2.10. The monoisotopic (exact) mass is 195 g/mol. The van der Waals surface area contributed by atoms with Gasteiger partial charge >= 0.3 is 5.97 Å². The van der Waals surface area contributed by atoms with Crippen LogP contribution < -0.4 is 0 Å². The van der Waals surface area contributed by atoms with Crippen LogP contribution in [-0.2, 0) is 0 Å². The molecule has 0 radical (unpaired) electrons. The van der Waals surface area contributed by atoms with Crippen LogP contribution in [0.25, 0.3) is 11.5 Å². The minimum Gasteiger partial charge on any atom is -0.475 e. The summed E-state index contributed by atoms with van der Waals surface area (Å²) in [5, 5.41) is 10.4. The maximum atomic E-state index is 10.5. The van der Waals surface area contributed by atoms with E-state index in [4.69, 9.17) is 9.52 Å². The van der Waals surface area contributed by atoms with E-state index in [1.54, 1.807) is 17.0 Å². The van der Waals surface area contributed by atoms with Crippen LogP contribution in [0.1, 0.15) is 10.6 Å². The van der Waals surface area contributed by atoms with E-state index in [0.29, 0.717) is 11.5 Å². The number of carbonyl (C=O) groups is 1. The minimum atomic E-state index is -1.07. The van der Waals surface area contributed by atoms with E-state index in [0.717, 1.165) is 0 Å². The second kappa shape index (κ2) is 3.02. The summed E-state index contributed by atoms with van der Waals surface area (Å²) in [7, 11) is 0. The maximum absolute atomic E-state index is 10.5. The second-order valence-electron chi connectivity index (χ2n) is 2.34. The van der Waals surface area contributed by atoms with E-state index in [1.165, 1.54) is 17.4 Å². The molecule has 0 bridgehead atoms. The highest BCUT2D eigenvalue weighted by Gasteiger charge is 2.10. The molecule has 0 aliphatic rings. The van der Waals surface area contributed by atoms with Crippen molar-refractivity contribution >= 4 is 17.3 Å². The molecule has 0 unspecified atom stereocenters. The van der Waals surface area contributed by atoms with Gasteiger partial charge in [-0.15, -0.1) is 11.3 Å². The molecule has 5 heteroatoms. The Morgan fingerprint density at radius 2 is 2.38 bits per heavy atom. The Morgan fingerprint density at radius 3 is 2.92 bits per heavy atom. The number of carboxylic acid groups (broad SMARTS) is 1. The number of aromatic carboxylic acids is 1. The van der Waals surface area contributed by atoms with Crippen LogP contribution in [0.5, 0.6) is 0 Å². The molecule has 0 aromatic carbocycles. The highest BCUT2D eigenvalue weighted by molar-refractivity contribution is 7.07. The molecule has 0 atom stereocenters. The number of carboxylic acids is 1. The fourth-order valence-corrected chi connectivity index (χ4v) is 1.47. The Balaban J connectivity index is 2.39. The molecule has 0 fully saturated rings. The number of aromatic nitrogens is 1. The first-order valence-electron chi connectivity index (χ1n) is 3.49. The van der Waals surface area contributed by atoms with Crippen molar-refractivity contribution in [3.8, 4) is 11.5 Å². The van der Waals surface area contributed by atoms with Gasteiger partial charge in [0.05, 0.1) is 5.51 Å². The van der Waals surface area contributed by atoms with Crippen molar-refractivity contribution in [1.82, 2.24) is 4.98 Å². The van der Waals surface area contributed by atoms with Crippen molar-refractivity contribution in [3.05, 3.63) is 28.8 Å². The highest BCUT2D eigenvalue weighted by Crippen LogP contribution is 2.21. The third-order valence-electron chi connectivity index (χ3n) is 1.50. The van der Waals surface area contributed by atoms with Gasteiger partial charge in [0.25, 0.3) is 0 Å². The Kier molecular flexibility index (Phi) is 1.86. The van der Waals surface area contributed by atoms with E-state index in [2.05, 4.69) is 4.98 Å². The summed E-state index contributed by atoms with van der Waals surface area (Å²) in [6, 6.07) is 3.01. The molecule has 0 aliphatic carbocycles. The molecule has 4 nitrogen and oxygen atoms in total. The number of nitrogens with zero attached hydrogens (tertiary/aromatic N) is 1. The lowest BCUT2D eigenvalue weighted by Gasteiger charge is -1.87. The quantitative estimate of drug-likeness (QED) is 0.797. The summed E-state index contributed by atoms with van der Waals surface area (Å²) in [6.07, 6.45) is 0. The second-order valence-corrected chi connectivity index (χ2v) is 3.06. The standard InChI is InChI=1S/C8H5NO3S/c10-8(11)7-2-1-6(12-7)5-3-13-4-9-5/h1-4H,(H,10,11). The largest absolute Gasteiger partial charge is 0.475 e. The van der Waals surface area contributed by atoms with E-state index in [-0.39, 0.29) is 5.76 Å². The van der Waals surface area contributed by atoms with E-state index >= 15 is 0 Å². The van der Waals surface area contributed by atoms with Crippen LogP contribution in [-0.4, -0.2) is 16.1 Å². The van der Waals surface area contributed by atoms with Crippen LogP contribution >= 0.6 is 11.3 Å². The van der Waals surface area contributed by atoms with Crippen molar-refractivity contribution in [1.29, 1.82) is 0 Å². The van der Waals surface area contributed by atoms with E-state index in [9.17, 15) is 4.79 Å². The van der Waals surface area contributed by atoms with Gasteiger partial charge in [0.15, 0.2) is 5.76 Å². The third kappa shape index (κ3) is 1.46. The summed E-state index contributed by atoms with van der Waals surface area (Å²) in [6.45, 7) is 0. The van der Waals surface area contributed by atoms with Crippen molar-refractivity contribution in [2.24, 2.45) is 0 Å². The molecule has 2 aromatic rings. The summed E-state index contributed by atoms with van der Waals surface area (Å²) in [5.74, 6) is -0.650. The SMILES string of the molecule is O=C(O)c1ccc(-c2cscn2)o1. The zero-order valence-electron chi connectivity index (χ0n) is 6.43. The van der Waals surface area contributed by atoms with Gasteiger partial charge in [-0.2, -0.15) is 0 Å². The van der Waals surface area contributed by atoms with Gasteiger partial charge in [-0.05, 0) is 12.1 Å². The summed E-state index contributed by atoms with van der Waals surface area (Å²) in [5.41, 5.74) is 2.33. The van der Waals surface area contributed by atoms with Crippen LogP contribution in [0.2, 0.25) is 0 Å². The molecule has 1 N–H and O–H groups in total. The Labute approximate surface area is 77.5 Å². The fraction of sp³-hybridized carbons (Fsp3) is 0. The van der Waals surface area contributed by atoms with Crippen LogP contribution in [0, 0.1) is 0 Å². The zero-order chi connectivity index (χ0) is 9.26. The molecular weight excluding hydrogens is 190 g/mol. The number of rotatable bonds is 2. The molecule has 2 aromatic heterocycles. The topological polar surface area (TPSA) is 63.3 Å². The van der Waals surface area contributed by atoms with Gasteiger partial charge in [0, 0.05) is 5.38 Å². The zero-order valence-corrected chi connectivity index (χ0v) is 7.25. The summed E-state index contributed by atoms with van der Waals surface area (Å²) < 4.78 is 5.03. The highest BCUT2D eigenvalue weighted by atomic mass is 32.1. The molecule has 0 saturated heterocycles. The normalized spacial score (nSPS) is 10.2. The van der Waals surface area contributed by atoms with Crippen molar-refractivity contribution in [2.75, 3.05) is 0 Å². The van der Waals surface area contributed by atoms with Crippen molar-refractivity contribution < 1.29 is 14.3 Å². The van der Waals surface area contributed by atoms with Crippen molar-refractivity contribution in [2.45, 2.75) is 0 Å². The Morgan fingerprint density at radius 1 is 1.54 bits per heavy atom. The molecule has 66 valence electrons. The van der Waals surface area contributed by atoms with Crippen LogP contribution in [0.15, 0.2) is 27.4 Å². The lowest BCUT2D eigenvalue weighted by molar-refractivity contribution is 0.0663. The molecular formula is C8H5NO3S. The van der Waals surface area contributed by atoms with E-state index in [1.807, 2.05) is 0 Å². The van der Waals surface area contributed by atoms with Gasteiger partial charge in [-0.1, -0.05) is 0 Å². The molecule has 0 spiro atoms. The summed E-state index contributed by atoms with van der Waals surface area (Å²) in [4.78, 5) is 14.5. The van der Waals surface area contributed by atoms with Crippen LogP contribution in [0.4, 0.5) is 0 Å². The molecule has 2 heterocycles. The van der Waals surface area contributed by atoms with Crippen molar-refractivity contribution in [3.63, 3.8) is 0 Å². The molecule has 0 saturated carbocycles. The average molecular weight is 195 g/mol. The number of thiazole rings is 1. The van der Waals surface area contributed by atoms with Gasteiger partial charge in [0.2, 0.25) is 5.76 Å². The number of furan rings is 1. The number of hydrogen-bond donors (Lipinski definition) is 1. The average Bonchev–Trinajstić information content (AvgIpc) is 2.75. The van der Waals surface area contributed by atoms with Crippen LogP contribution in [0.3, 0.4) is 0 Å². The van der Waals surface area contributed by atoms with Gasteiger partial charge < -0.3 is 9.52 Å². The molecule has 13 heavy (non-hydrogen) atoms. The third-order valence-corrected chi connectivity index (χ3v) is 2.09. The first kappa shape index (κ1) is 8.00. The van der Waals surface area contributed by atoms with Gasteiger partial charge in [-0.3, -0.25) is 0 Å². The first-order valence-corrected chi connectivity index (χ1v) is 4.43. The maximum Gasteiger partial charge on any atom is 0.371 e. The van der Waals surface area contributed by atoms with E-state index < -0.39 is 5.97 Å². The Hall–Kier alpha value is -1.62. The molecule has 2 rings (SSSR count). The molecule has 0 amide bonds. The fourth-order valence-electron chi connectivity index (χ4n) is 0.925. The Bertz CT molecular complexity index is 418. The number of hydrogen-bond acceptors (Lipinski definition) is 4.